The molecular weight excluding hydrogens is 166 g/mol. The molecule has 0 saturated heterocycles. The second kappa shape index (κ2) is 2.43. The maximum Gasteiger partial charge on any atom is 0.108 e. The first kappa shape index (κ1) is 5.94. The van der Waals surface area contributed by atoms with Crippen LogP contribution in [0.4, 0.5) is 0 Å². The normalized spacial score (nSPS) is 10.0. The smallest absolute Gasteiger partial charge is 0.108 e. The van der Waals surface area contributed by atoms with Gasteiger partial charge < -0.3 is 0 Å². The van der Waals surface area contributed by atoms with Crippen LogP contribution in [0.25, 0.3) is 11.3 Å². The molecule has 10 heavy (non-hydrogen) atoms. The van der Waals surface area contributed by atoms with Gasteiger partial charge in [0.15, 0.2) is 0 Å². The van der Waals surface area contributed by atoms with Gasteiger partial charge in [-0.2, -0.15) is 0 Å². The Morgan fingerprint density at radius 3 is 2.80 bits per heavy atom. The van der Waals surface area contributed by atoms with E-state index in [1.54, 1.807) is 6.20 Å². The molecule has 0 aromatic carbocycles. The summed E-state index contributed by atoms with van der Waals surface area (Å²) in [5.74, 6) is 0. The van der Waals surface area contributed by atoms with Crippen LogP contribution in [0.15, 0.2) is 17.0 Å². The van der Waals surface area contributed by atoms with E-state index in [0.717, 1.165) is 11.3 Å². The van der Waals surface area contributed by atoms with E-state index >= 15 is 0 Å². The molecule has 3 nitrogen and oxygen atoms in total. The Kier molecular flexibility index (Phi) is 1.44. The van der Waals surface area contributed by atoms with Crippen molar-refractivity contribution >= 4 is 23.1 Å². The van der Waals surface area contributed by atoms with Gasteiger partial charge in [0, 0.05) is 16.3 Å². The van der Waals surface area contributed by atoms with Crippen LogP contribution in [0.2, 0.25) is 0 Å². The van der Waals surface area contributed by atoms with Gasteiger partial charge in [-0.15, -0.1) is 5.10 Å². The second-order valence-electron chi connectivity index (χ2n) is 1.70. The lowest BCUT2D eigenvalue weighted by molar-refractivity contribution is 1.16. The Balaban J connectivity index is 2.48. The van der Waals surface area contributed by atoms with Gasteiger partial charge in [0.1, 0.15) is 5.69 Å². The fourth-order valence-electron chi connectivity index (χ4n) is 0.622. The van der Waals surface area contributed by atoms with Crippen LogP contribution in [0.5, 0.6) is 0 Å². The highest BCUT2D eigenvalue weighted by Crippen LogP contribution is 2.17. The summed E-state index contributed by atoms with van der Waals surface area (Å²) in [6.45, 7) is 0. The zero-order chi connectivity index (χ0) is 6.81. The molecule has 50 valence electrons. The molecule has 2 aromatic heterocycles. The van der Waals surface area contributed by atoms with Crippen molar-refractivity contribution in [2.45, 2.75) is 0 Å². The third kappa shape index (κ3) is 0.932. The monoisotopic (exact) mass is 169 g/mol. The van der Waals surface area contributed by atoms with Crippen molar-refractivity contribution in [3.8, 4) is 11.3 Å². The van der Waals surface area contributed by atoms with Crippen molar-refractivity contribution in [2.75, 3.05) is 0 Å². The molecule has 0 amide bonds. The van der Waals surface area contributed by atoms with Gasteiger partial charge in [-0.3, -0.25) is 0 Å². The fraction of sp³-hybridized carbons (Fsp3) is 0. The number of nitrogens with zero attached hydrogens (tertiary/aromatic N) is 3. The SMILES string of the molecule is c1nscc1-c1csnn1. The molecule has 0 bridgehead atoms. The Hall–Kier alpha value is -0.810. The van der Waals surface area contributed by atoms with Crippen molar-refractivity contribution in [3.05, 3.63) is 17.0 Å². The largest absolute Gasteiger partial charge is 0.200 e. The van der Waals surface area contributed by atoms with Crippen molar-refractivity contribution < 1.29 is 0 Å². The number of hydrogen-bond donors (Lipinski definition) is 0. The van der Waals surface area contributed by atoms with Gasteiger partial charge in [0.05, 0.1) is 6.20 Å². The van der Waals surface area contributed by atoms with E-state index in [2.05, 4.69) is 14.0 Å². The Labute approximate surface area is 65.7 Å². The molecule has 0 unspecified atom stereocenters. The first-order valence-electron chi connectivity index (χ1n) is 2.63. The first-order chi connectivity index (χ1) is 4.97. The van der Waals surface area contributed by atoms with Gasteiger partial charge in [0.25, 0.3) is 0 Å². The molecule has 0 spiro atoms. The highest BCUT2D eigenvalue weighted by atomic mass is 32.1. The summed E-state index contributed by atoms with van der Waals surface area (Å²) in [5.41, 5.74) is 1.97. The molecule has 0 saturated carbocycles. The molecule has 0 fully saturated rings. The molecule has 0 atom stereocenters. The van der Waals surface area contributed by atoms with Crippen LogP contribution < -0.4 is 0 Å². The zero-order valence-electron chi connectivity index (χ0n) is 4.89. The van der Waals surface area contributed by atoms with Gasteiger partial charge in [0.2, 0.25) is 0 Å². The van der Waals surface area contributed by atoms with Crippen molar-refractivity contribution in [3.63, 3.8) is 0 Å². The Morgan fingerprint density at radius 1 is 1.20 bits per heavy atom. The lowest BCUT2D eigenvalue weighted by Crippen LogP contribution is -1.71. The highest BCUT2D eigenvalue weighted by Gasteiger charge is 1.99. The predicted molar refractivity (Wildman–Crippen MR) is 41.0 cm³/mol. The molecule has 0 aliphatic heterocycles. The first-order valence-corrected chi connectivity index (χ1v) is 4.31. The summed E-state index contributed by atoms with van der Waals surface area (Å²) < 4.78 is 7.70. The molecule has 5 heteroatoms. The zero-order valence-corrected chi connectivity index (χ0v) is 6.52. The lowest BCUT2D eigenvalue weighted by atomic mass is 10.3. The number of hydrogen-bond acceptors (Lipinski definition) is 5. The van der Waals surface area contributed by atoms with E-state index in [-0.39, 0.29) is 0 Å². The highest BCUT2D eigenvalue weighted by molar-refractivity contribution is 7.04. The maximum atomic E-state index is 3.96. The standard InChI is InChI=1S/C5H3N3S2/c1-4(2-9-6-1)5-3-10-8-7-5/h1-3H. The third-order valence-corrected chi connectivity index (χ3v) is 2.18. The quantitative estimate of drug-likeness (QED) is 0.651. The van der Waals surface area contributed by atoms with Crippen LogP contribution in [-0.4, -0.2) is 14.0 Å². The summed E-state index contributed by atoms with van der Waals surface area (Å²) in [4.78, 5) is 0. The van der Waals surface area contributed by atoms with E-state index in [0.29, 0.717) is 0 Å². The van der Waals surface area contributed by atoms with E-state index in [1.807, 2.05) is 10.8 Å². The summed E-state index contributed by atoms with van der Waals surface area (Å²) in [5, 5.41) is 7.76. The maximum absolute atomic E-state index is 3.96. The van der Waals surface area contributed by atoms with Crippen LogP contribution in [-0.2, 0) is 0 Å². The van der Waals surface area contributed by atoms with Crippen LogP contribution in [0.1, 0.15) is 0 Å². The van der Waals surface area contributed by atoms with Crippen molar-refractivity contribution in [2.24, 2.45) is 0 Å². The summed E-state index contributed by atoms with van der Waals surface area (Å²) in [7, 11) is 0. The van der Waals surface area contributed by atoms with E-state index in [1.165, 1.54) is 23.1 Å². The van der Waals surface area contributed by atoms with E-state index < -0.39 is 0 Å². The van der Waals surface area contributed by atoms with Gasteiger partial charge >= 0.3 is 0 Å². The minimum absolute atomic E-state index is 0.916. The summed E-state index contributed by atoms with van der Waals surface area (Å²) in [6, 6.07) is 0. The fourth-order valence-corrected chi connectivity index (χ4v) is 1.62. The molecule has 0 radical (unpaired) electrons. The van der Waals surface area contributed by atoms with E-state index in [4.69, 9.17) is 0 Å². The van der Waals surface area contributed by atoms with Crippen LogP contribution in [0.3, 0.4) is 0 Å². The average molecular weight is 169 g/mol. The van der Waals surface area contributed by atoms with Gasteiger partial charge in [-0.25, -0.2) is 4.37 Å². The molecule has 0 aliphatic carbocycles. The summed E-state index contributed by atoms with van der Waals surface area (Å²) in [6.07, 6.45) is 1.79. The average Bonchev–Trinajstić information content (AvgIpc) is 2.59. The lowest BCUT2D eigenvalue weighted by Gasteiger charge is -1.80. The van der Waals surface area contributed by atoms with Crippen molar-refractivity contribution in [1.82, 2.24) is 14.0 Å². The topological polar surface area (TPSA) is 38.7 Å². The van der Waals surface area contributed by atoms with Gasteiger partial charge in [-0.1, -0.05) is 4.49 Å². The minimum atomic E-state index is 0.916. The van der Waals surface area contributed by atoms with Crippen LogP contribution >= 0.6 is 23.1 Å². The van der Waals surface area contributed by atoms with Crippen LogP contribution in [0, 0.1) is 0 Å². The molecule has 2 heterocycles. The predicted octanol–water partition coefficient (Wildman–Crippen LogP) is 1.66. The molecular formula is C5H3N3S2. The van der Waals surface area contributed by atoms with Crippen molar-refractivity contribution in [1.29, 1.82) is 0 Å². The molecule has 2 rings (SSSR count). The Bertz CT molecular complexity index is 254. The Morgan fingerprint density at radius 2 is 2.20 bits per heavy atom. The number of aromatic nitrogens is 3. The molecule has 0 N–H and O–H groups in total. The van der Waals surface area contributed by atoms with E-state index in [9.17, 15) is 0 Å². The minimum Gasteiger partial charge on any atom is -0.200 e. The molecule has 2 aromatic rings. The third-order valence-electron chi connectivity index (χ3n) is 1.09. The number of rotatable bonds is 1. The van der Waals surface area contributed by atoms with Gasteiger partial charge in [-0.05, 0) is 23.1 Å². The molecule has 0 aliphatic rings. The summed E-state index contributed by atoms with van der Waals surface area (Å²) >= 11 is 2.78. The second-order valence-corrected chi connectivity index (χ2v) is 2.97.